The zero-order valence-electron chi connectivity index (χ0n) is 24.4. The number of fused-ring (bicyclic) bond motifs is 6. The molecule has 1 aromatic heterocycles. The Bertz CT molecular complexity index is 1450. The second-order valence-corrected chi connectivity index (χ2v) is 11.7. The number of aromatic nitrogens is 1. The van der Waals surface area contributed by atoms with Crippen LogP contribution in [0, 0.1) is 17.8 Å². The molecule has 0 unspecified atom stereocenters. The van der Waals surface area contributed by atoms with E-state index in [9.17, 15) is 9.59 Å². The van der Waals surface area contributed by atoms with Gasteiger partial charge in [-0.15, -0.1) is 0 Å². The molecule has 1 aliphatic carbocycles. The number of ether oxygens (including phenoxy) is 4. The maximum Gasteiger partial charge on any atom is 0.338 e. The van der Waals surface area contributed by atoms with Crippen molar-refractivity contribution >= 4 is 28.5 Å². The maximum atomic E-state index is 13.3. The molecule has 41 heavy (non-hydrogen) atoms. The molecule has 2 aliphatic heterocycles. The molecule has 3 aromatic rings. The molecule has 2 fully saturated rings. The fourth-order valence-corrected chi connectivity index (χ4v) is 7.47. The van der Waals surface area contributed by atoms with Gasteiger partial charge in [0.15, 0.2) is 0 Å². The van der Waals surface area contributed by atoms with Crippen molar-refractivity contribution < 1.29 is 28.5 Å². The Morgan fingerprint density at radius 2 is 1.88 bits per heavy atom. The second kappa shape index (κ2) is 11.0. The first-order valence-corrected chi connectivity index (χ1v) is 14.3. The van der Waals surface area contributed by atoms with Crippen LogP contribution in [0.3, 0.4) is 0 Å². The molecule has 1 saturated carbocycles. The van der Waals surface area contributed by atoms with Gasteiger partial charge in [0, 0.05) is 62.6 Å². The first kappa shape index (κ1) is 27.6. The van der Waals surface area contributed by atoms with E-state index in [4.69, 9.17) is 18.9 Å². The summed E-state index contributed by atoms with van der Waals surface area (Å²) in [6, 6.07) is 13.7. The van der Waals surface area contributed by atoms with E-state index in [1.807, 2.05) is 43.3 Å². The number of rotatable bonds is 6. The summed E-state index contributed by atoms with van der Waals surface area (Å²) in [6.45, 7) is 1.76. The lowest BCUT2D eigenvalue weighted by atomic mass is 9.63. The van der Waals surface area contributed by atoms with Gasteiger partial charge in [-0.3, -0.25) is 9.69 Å². The molecule has 9 nitrogen and oxygen atoms in total. The smallest absolute Gasteiger partial charge is 0.338 e. The number of esters is 2. The predicted molar refractivity (Wildman–Crippen MR) is 155 cm³/mol. The van der Waals surface area contributed by atoms with E-state index in [0.717, 1.165) is 42.9 Å². The zero-order valence-corrected chi connectivity index (χ0v) is 24.4. The van der Waals surface area contributed by atoms with Crippen molar-refractivity contribution in [2.45, 2.75) is 37.5 Å². The highest BCUT2D eigenvalue weighted by molar-refractivity contribution is 5.91. The number of methoxy groups -OCH3 is 3. The van der Waals surface area contributed by atoms with Gasteiger partial charge in [-0.2, -0.15) is 0 Å². The number of nitrogens with zero attached hydrogens (tertiary/aromatic N) is 2. The van der Waals surface area contributed by atoms with E-state index in [1.54, 1.807) is 20.3 Å². The summed E-state index contributed by atoms with van der Waals surface area (Å²) in [5, 5.41) is 1.23. The normalized spacial score (nSPS) is 27.3. The van der Waals surface area contributed by atoms with E-state index >= 15 is 0 Å². The van der Waals surface area contributed by atoms with Crippen molar-refractivity contribution in [3.63, 3.8) is 0 Å². The monoisotopic (exact) mass is 561 g/mol. The molecule has 0 amide bonds. The second-order valence-electron chi connectivity index (χ2n) is 11.7. The summed E-state index contributed by atoms with van der Waals surface area (Å²) in [5.74, 6) is -0.231. The summed E-state index contributed by atoms with van der Waals surface area (Å²) in [6.07, 6.45) is 1.24. The van der Waals surface area contributed by atoms with Crippen LogP contribution in [0.25, 0.3) is 10.9 Å². The van der Waals surface area contributed by atoms with Crippen LogP contribution >= 0.6 is 0 Å². The third kappa shape index (κ3) is 4.85. The summed E-state index contributed by atoms with van der Waals surface area (Å²) in [7, 11) is 8.56. The van der Waals surface area contributed by atoms with Gasteiger partial charge >= 0.3 is 11.9 Å². The minimum atomic E-state index is -0.591. The van der Waals surface area contributed by atoms with Gasteiger partial charge in [0.2, 0.25) is 0 Å². The molecule has 3 aliphatic rings. The highest BCUT2D eigenvalue weighted by Gasteiger charge is 2.54. The van der Waals surface area contributed by atoms with E-state index in [0.29, 0.717) is 12.0 Å². The lowest BCUT2D eigenvalue weighted by Crippen LogP contribution is -2.58. The summed E-state index contributed by atoms with van der Waals surface area (Å²) in [5.41, 5.74) is 5.04. The largest absolute Gasteiger partial charge is 0.497 e. The van der Waals surface area contributed by atoms with Crippen LogP contribution in [0.1, 0.15) is 40.5 Å². The van der Waals surface area contributed by atoms with Gasteiger partial charge in [0.25, 0.3) is 0 Å². The lowest BCUT2D eigenvalue weighted by Gasteiger charge is -2.52. The number of H-pyrrole nitrogens is 1. The predicted octanol–water partition coefficient (Wildman–Crippen LogP) is 4.21. The van der Waals surface area contributed by atoms with Crippen molar-refractivity contribution in [2.75, 3.05) is 53.4 Å². The number of carbonyl (C=O) groups is 2. The van der Waals surface area contributed by atoms with E-state index < -0.39 is 24.1 Å². The van der Waals surface area contributed by atoms with Gasteiger partial charge in [0.05, 0.1) is 31.7 Å². The number of carbonyl (C=O) groups excluding carboxylic acids is 2. The molecule has 3 heterocycles. The van der Waals surface area contributed by atoms with E-state index in [1.165, 1.54) is 23.8 Å². The Balaban J connectivity index is 1.29. The van der Waals surface area contributed by atoms with Crippen LogP contribution in [0.4, 0.5) is 5.69 Å². The highest BCUT2D eigenvalue weighted by Crippen LogP contribution is 2.50. The minimum absolute atomic E-state index is 0.0348. The zero-order chi connectivity index (χ0) is 28.8. The third-order valence-corrected chi connectivity index (χ3v) is 9.46. The molecule has 6 atom stereocenters. The van der Waals surface area contributed by atoms with Crippen LogP contribution < -0.4 is 9.64 Å². The van der Waals surface area contributed by atoms with E-state index in [-0.39, 0.29) is 23.8 Å². The average Bonchev–Trinajstić information content (AvgIpc) is 3.37. The Labute approximate surface area is 240 Å². The topological polar surface area (TPSA) is 93.3 Å². The van der Waals surface area contributed by atoms with Crippen LogP contribution in [0.2, 0.25) is 0 Å². The number of nitrogens with one attached hydrogen (secondary N) is 1. The van der Waals surface area contributed by atoms with Crippen LogP contribution in [0.5, 0.6) is 5.75 Å². The van der Waals surface area contributed by atoms with Gasteiger partial charge in [-0.25, -0.2) is 4.79 Å². The molecule has 1 saturated heterocycles. The number of benzene rings is 2. The number of aromatic amines is 1. The molecule has 218 valence electrons. The van der Waals surface area contributed by atoms with Crippen molar-refractivity contribution in [1.29, 1.82) is 0 Å². The SMILES string of the molecule is COC(=O)[C@H]1[C@H]2C[C@@H]3c4[nH]c5cc(OC)ccc5c4CCN3C[C@H]2C[C@@H](OC(=O)c2cccc(N(C)C)c2)[C@@H]1OC. The maximum absolute atomic E-state index is 13.3. The molecular formula is C32H39N3O6. The van der Waals surface area contributed by atoms with Gasteiger partial charge < -0.3 is 28.8 Å². The first-order valence-electron chi connectivity index (χ1n) is 14.3. The molecule has 9 heteroatoms. The first-order chi connectivity index (χ1) is 19.8. The third-order valence-electron chi connectivity index (χ3n) is 9.46. The number of piperidine rings is 1. The Kier molecular flexibility index (Phi) is 7.42. The summed E-state index contributed by atoms with van der Waals surface area (Å²) in [4.78, 5) is 34.8. The van der Waals surface area contributed by atoms with Gasteiger partial charge in [-0.05, 0) is 67.0 Å². The van der Waals surface area contributed by atoms with E-state index in [2.05, 4.69) is 22.0 Å². The summed E-state index contributed by atoms with van der Waals surface area (Å²) < 4.78 is 22.8. The fraction of sp³-hybridized carbons (Fsp3) is 0.500. The van der Waals surface area contributed by atoms with Crippen LogP contribution in [-0.2, 0) is 25.4 Å². The Morgan fingerprint density at radius 3 is 2.61 bits per heavy atom. The van der Waals surface area contributed by atoms with Crippen LogP contribution in [0.15, 0.2) is 42.5 Å². The fourth-order valence-electron chi connectivity index (χ4n) is 7.47. The van der Waals surface area contributed by atoms with Crippen molar-refractivity contribution in [3.8, 4) is 5.75 Å². The summed E-state index contributed by atoms with van der Waals surface area (Å²) >= 11 is 0. The molecule has 0 bridgehead atoms. The quantitative estimate of drug-likeness (QED) is 0.448. The highest BCUT2D eigenvalue weighted by atomic mass is 16.6. The Hall–Kier alpha value is -3.56. The number of anilines is 1. The molecular weight excluding hydrogens is 522 g/mol. The standard InChI is InChI=1S/C32H39N3O6/c1-34(2)20-8-6-7-18(13-20)31(36)41-27-14-19-17-35-12-11-23-22-10-9-21(38-3)15-25(22)33-29(23)26(35)16-24(19)28(30(27)39-4)32(37)40-5/h6-10,13,15,19,24,26-28,30,33H,11-12,14,16-17H2,1-5H3/t19-,24+,26-,27-,28+,30+/m1/s1. The molecule has 2 aromatic carbocycles. The van der Waals surface area contributed by atoms with Crippen molar-refractivity contribution in [2.24, 2.45) is 17.8 Å². The lowest BCUT2D eigenvalue weighted by molar-refractivity contribution is -0.176. The van der Waals surface area contributed by atoms with Crippen LogP contribution in [-0.4, -0.2) is 82.5 Å². The minimum Gasteiger partial charge on any atom is -0.497 e. The molecule has 0 spiro atoms. The molecule has 0 radical (unpaired) electrons. The average molecular weight is 562 g/mol. The van der Waals surface area contributed by atoms with Gasteiger partial charge in [0.1, 0.15) is 18.0 Å². The molecule has 1 N–H and O–H groups in total. The molecule has 6 rings (SSSR count). The van der Waals surface area contributed by atoms with Gasteiger partial charge in [-0.1, -0.05) is 6.07 Å². The Morgan fingerprint density at radius 1 is 1.05 bits per heavy atom. The number of hydrogen-bond acceptors (Lipinski definition) is 8. The van der Waals surface area contributed by atoms with Crippen molar-refractivity contribution in [1.82, 2.24) is 9.88 Å². The number of hydrogen-bond donors (Lipinski definition) is 1. The van der Waals surface area contributed by atoms with Crippen molar-refractivity contribution in [3.05, 3.63) is 59.3 Å².